The van der Waals surface area contributed by atoms with E-state index in [4.69, 9.17) is 5.11 Å². The smallest absolute Gasteiger partial charge is 0.311 e. The summed E-state index contributed by atoms with van der Waals surface area (Å²) in [5.41, 5.74) is -0.910. The number of hydrogen-bond acceptors (Lipinski definition) is 2. The number of carboxylic acid groups (broad SMARTS) is 1. The number of amides is 1. The first-order valence-electron chi connectivity index (χ1n) is 4.91. The number of carboxylic acids is 1. The van der Waals surface area contributed by atoms with Gasteiger partial charge in [-0.1, -0.05) is 0 Å². The maximum Gasteiger partial charge on any atom is 0.311 e. The van der Waals surface area contributed by atoms with Gasteiger partial charge in [-0.2, -0.15) is 0 Å². The second-order valence-corrected chi connectivity index (χ2v) is 5.02. The highest BCUT2D eigenvalue weighted by molar-refractivity contribution is 5.89. The molecular weight excluding hydrogens is 182 g/mol. The molecule has 0 aromatic carbocycles. The zero-order valence-electron chi connectivity index (χ0n) is 8.54. The van der Waals surface area contributed by atoms with Crippen LogP contribution in [0.25, 0.3) is 0 Å². The first-order chi connectivity index (χ1) is 6.37. The first-order valence-corrected chi connectivity index (χ1v) is 4.91. The Kier molecular flexibility index (Phi) is 1.69. The van der Waals surface area contributed by atoms with Crippen molar-refractivity contribution in [3.05, 3.63) is 0 Å². The Hall–Kier alpha value is -1.06. The highest BCUT2D eigenvalue weighted by Gasteiger charge is 2.54. The monoisotopic (exact) mass is 197 g/mol. The second kappa shape index (κ2) is 2.49. The Bertz CT molecular complexity index is 308. The molecule has 4 heteroatoms. The summed E-state index contributed by atoms with van der Waals surface area (Å²) >= 11 is 0. The standard InChI is InChI=1S/C10H15NO3/c1-9(8(13)14)5-7(12)11(6-9)10(2)3-4-10/h3-6H2,1-2H3,(H,13,14). The molecule has 1 unspecified atom stereocenters. The summed E-state index contributed by atoms with van der Waals surface area (Å²) in [6.45, 7) is 4.05. The van der Waals surface area contributed by atoms with Crippen molar-refractivity contribution in [3.63, 3.8) is 0 Å². The van der Waals surface area contributed by atoms with Crippen LogP contribution in [0.5, 0.6) is 0 Å². The highest BCUT2D eigenvalue weighted by Crippen LogP contribution is 2.46. The molecule has 1 aliphatic heterocycles. The maximum atomic E-state index is 11.6. The molecule has 2 rings (SSSR count). The molecule has 1 saturated carbocycles. The minimum atomic E-state index is -0.872. The summed E-state index contributed by atoms with van der Waals surface area (Å²) < 4.78 is 0. The van der Waals surface area contributed by atoms with E-state index in [1.54, 1.807) is 11.8 Å². The maximum absolute atomic E-state index is 11.6. The van der Waals surface area contributed by atoms with Gasteiger partial charge in [0.1, 0.15) is 0 Å². The van der Waals surface area contributed by atoms with Crippen LogP contribution in [0.3, 0.4) is 0 Å². The van der Waals surface area contributed by atoms with Gasteiger partial charge in [-0.05, 0) is 26.7 Å². The SMILES string of the molecule is CC1(C(=O)O)CC(=O)N(C2(C)CC2)C1. The van der Waals surface area contributed by atoms with Gasteiger partial charge < -0.3 is 10.0 Å². The van der Waals surface area contributed by atoms with E-state index in [9.17, 15) is 9.59 Å². The summed E-state index contributed by atoms with van der Waals surface area (Å²) in [5.74, 6) is -0.868. The molecule has 0 bridgehead atoms. The molecule has 1 N–H and O–H groups in total. The highest BCUT2D eigenvalue weighted by atomic mass is 16.4. The average molecular weight is 197 g/mol. The van der Waals surface area contributed by atoms with E-state index in [0.717, 1.165) is 12.8 Å². The Balaban J connectivity index is 2.18. The molecule has 0 aromatic rings. The molecule has 14 heavy (non-hydrogen) atoms. The molecule has 1 amide bonds. The van der Waals surface area contributed by atoms with Gasteiger partial charge in [0.05, 0.1) is 5.41 Å². The van der Waals surface area contributed by atoms with Crippen LogP contribution in [0.2, 0.25) is 0 Å². The molecule has 1 atom stereocenters. The topological polar surface area (TPSA) is 57.6 Å². The Labute approximate surface area is 82.9 Å². The van der Waals surface area contributed by atoms with Crippen molar-refractivity contribution in [3.8, 4) is 0 Å². The zero-order chi connectivity index (χ0) is 10.6. The zero-order valence-corrected chi connectivity index (χ0v) is 8.54. The van der Waals surface area contributed by atoms with Gasteiger partial charge in [0.25, 0.3) is 0 Å². The van der Waals surface area contributed by atoms with Crippen molar-refractivity contribution >= 4 is 11.9 Å². The van der Waals surface area contributed by atoms with Gasteiger partial charge in [0.15, 0.2) is 0 Å². The van der Waals surface area contributed by atoms with Crippen molar-refractivity contribution < 1.29 is 14.7 Å². The van der Waals surface area contributed by atoms with Gasteiger partial charge in [-0.3, -0.25) is 9.59 Å². The fourth-order valence-electron chi connectivity index (χ4n) is 2.01. The predicted octanol–water partition coefficient (Wildman–Crippen LogP) is 0.862. The summed E-state index contributed by atoms with van der Waals surface area (Å²) in [7, 11) is 0. The minimum absolute atomic E-state index is 0.00472. The van der Waals surface area contributed by atoms with Gasteiger partial charge in [-0.15, -0.1) is 0 Å². The van der Waals surface area contributed by atoms with Crippen LogP contribution in [-0.4, -0.2) is 34.0 Å². The molecule has 2 aliphatic rings. The average Bonchev–Trinajstić information content (AvgIpc) is 2.71. The fraction of sp³-hybridized carbons (Fsp3) is 0.800. The van der Waals surface area contributed by atoms with E-state index in [-0.39, 0.29) is 17.9 Å². The Morgan fingerprint density at radius 1 is 1.43 bits per heavy atom. The van der Waals surface area contributed by atoms with E-state index in [0.29, 0.717) is 6.54 Å². The molecule has 1 heterocycles. The lowest BCUT2D eigenvalue weighted by atomic mass is 9.90. The van der Waals surface area contributed by atoms with Crippen LogP contribution >= 0.6 is 0 Å². The van der Waals surface area contributed by atoms with Crippen LogP contribution in [0.1, 0.15) is 33.1 Å². The van der Waals surface area contributed by atoms with E-state index in [2.05, 4.69) is 0 Å². The number of carbonyl (C=O) groups excluding carboxylic acids is 1. The lowest BCUT2D eigenvalue weighted by Gasteiger charge is -2.25. The van der Waals surface area contributed by atoms with Gasteiger partial charge in [0, 0.05) is 18.5 Å². The molecule has 0 aromatic heterocycles. The van der Waals surface area contributed by atoms with Gasteiger partial charge >= 0.3 is 5.97 Å². The largest absolute Gasteiger partial charge is 0.481 e. The second-order valence-electron chi connectivity index (χ2n) is 5.02. The normalized spacial score (nSPS) is 34.7. The summed E-state index contributed by atoms with van der Waals surface area (Å²) in [5, 5.41) is 9.02. The lowest BCUT2D eigenvalue weighted by molar-refractivity contribution is -0.147. The quantitative estimate of drug-likeness (QED) is 0.714. The lowest BCUT2D eigenvalue weighted by Crippen LogP contribution is -2.38. The first kappa shape index (κ1) is 9.49. The number of hydrogen-bond donors (Lipinski definition) is 1. The molecule has 4 nitrogen and oxygen atoms in total. The molecule has 78 valence electrons. The van der Waals surface area contributed by atoms with Crippen LogP contribution in [0, 0.1) is 5.41 Å². The molecule has 1 saturated heterocycles. The number of carbonyl (C=O) groups is 2. The molecule has 0 spiro atoms. The number of rotatable bonds is 2. The van der Waals surface area contributed by atoms with Gasteiger partial charge in [0.2, 0.25) is 5.91 Å². The van der Waals surface area contributed by atoms with Crippen LogP contribution in [0.4, 0.5) is 0 Å². The van der Waals surface area contributed by atoms with E-state index >= 15 is 0 Å². The summed E-state index contributed by atoms with van der Waals surface area (Å²) in [4.78, 5) is 24.4. The molecule has 1 aliphatic carbocycles. The van der Waals surface area contributed by atoms with E-state index in [1.165, 1.54) is 0 Å². The third-order valence-electron chi connectivity index (χ3n) is 3.49. The number of nitrogens with zero attached hydrogens (tertiary/aromatic N) is 1. The van der Waals surface area contributed by atoms with Crippen LogP contribution in [-0.2, 0) is 9.59 Å². The van der Waals surface area contributed by atoms with E-state index < -0.39 is 11.4 Å². The third kappa shape index (κ3) is 1.21. The fourth-order valence-corrected chi connectivity index (χ4v) is 2.01. The van der Waals surface area contributed by atoms with E-state index in [1.807, 2.05) is 6.92 Å². The molecular formula is C10H15NO3. The van der Waals surface area contributed by atoms with Crippen molar-refractivity contribution in [2.24, 2.45) is 5.41 Å². The van der Waals surface area contributed by atoms with Crippen LogP contribution < -0.4 is 0 Å². The predicted molar refractivity (Wildman–Crippen MR) is 49.7 cm³/mol. The number of aliphatic carboxylic acids is 1. The summed E-state index contributed by atoms with van der Waals surface area (Å²) in [6.07, 6.45) is 2.17. The molecule has 2 fully saturated rings. The van der Waals surface area contributed by atoms with Crippen molar-refractivity contribution in [1.29, 1.82) is 0 Å². The van der Waals surface area contributed by atoms with Crippen molar-refractivity contribution in [2.75, 3.05) is 6.54 Å². The number of likely N-dealkylation sites (tertiary alicyclic amines) is 1. The Morgan fingerprint density at radius 2 is 2.00 bits per heavy atom. The Morgan fingerprint density at radius 3 is 2.36 bits per heavy atom. The van der Waals surface area contributed by atoms with Crippen molar-refractivity contribution in [2.45, 2.75) is 38.6 Å². The van der Waals surface area contributed by atoms with Crippen LogP contribution in [0.15, 0.2) is 0 Å². The van der Waals surface area contributed by atoms with Crippen molar-refractivity contribution in [1.82, 2.24) is 4.90 Å². The van der Waals surface area contributed by atoms with Gasteiger partial charge in [-0.25, -0.2) is 0 Å². The molecule has 0 radical (unpaired) electrons. The third-order valence-corrected chi connectivity index (χ3v) is 3.49. The summed E-state index contributed by atoms with van der Waals surface area (Å²) in [6, 6.07) is 0. The minimum Gasteiger partial charge on any atom is -0.481 e.